The van der Waals surface area contributed by atoms with E-state index in [-0.39, 0.29) is 11.3 Å². The molecule has 0 aliphatic rings. The average Bonchev–Trinajstić information content (AvgIpc) is 2.54. The molecule has 0 unspecified atom stereocenters. The minimum absolute atomic E-state index is 0.0658. The maximum atomic E-state index is 13.7. The molecule has 0 saturated carbocycles. The van der Waals surface area contributed by atoms with Crippen molar-refractivity contribution >= 4 is 11.6 Å². The maximum Gasteiger partial charge on any atom is 0.305 e. The summed E-state index contributed by atoms with van der Waals surface area (Å²) >= 11 is 0. The van der Waals surface area contributed by atoms with E-state index in [2.05, 4.69) is 5.32 Å². The van der Waals surface area contributed by atoms with Gasteiger partial charge in [0.15, 0.2) is 11.6 Å². The molecular weight excluding hydrogens is 322 g/mol. The molecule has 2 aromatic carbocycles. The topological polar surface area (TPSA) is 81.5 Å². The van der Waals surface area contributed by atoms with Gasteiger partial charge >= 0.3 is 5.69 Å². The lowest BCUT2D eigenvalue weighted by Crippen LogP contribution is -2.26. The summed E-state index contributed by atoms with van der Waals surface area (Å²) in [5.74, 6) is -2.16. The molecule has 0 fully saturated rings. The fourth-order valence-corrected chi connectivity index (χ4v) is 2.11. The number of hydrogen-bond donors (Lipinski definition) is 1. The first-order chi connectivity index (χ1) is 11.3. The van der Waals surface area contributed by atoms with Crippen LogP contribution in [0.5, 0.6) is 5.75 Å². The predicted molar refractivity (Wildman–Crippen MR) is 81.9 cm³/mol. The number of nitro benzene ring substituents is 1. The van der Waals surface area contributed by atoms with Crippen molar-refractivity contribution in [3.8, 4) is 5.75 Å². The second-order valence-electron chi connectivity index (χ2n) is 5.01. The molecule has 0 saturated heterocycles. The largest absolute Gasteiger partial charge is 0.494 e. The summed E-state index contributed by atoms with van der Waals surface area (Å²) in [6, 6.07) is 6.50. The van der Waals surface area contributed by atoms with Gasteiger partial charge < -0.3 is 10.1 Å². The second kappa shape index (κ2) is 7.03. The fraction of sp³-hybridized carbons (Fsp3) is 0.188. The zero-order valence-electron chi connectivity index (χ0n) is 12.9. The van der Waals surface area contributed by atoms with Crippen LogP contribution >= 0.6 is 0 Å². The lowest BCUT2D eigenvalue weighted by molar-refractivity contribution is -0.387. The minimum Gasteiger partial charge on any atom is -0.494 e. The third kappa shape index (κ3) is 3.65. The van der Waals surface area contributed by atoms with Crippen LogP contribution in [-0.2, 0) is 0 Å². The third-order valence-corrected chi connectivity index (χ3v) is 3.43. The molecule has 1 atom stereocenters. The number of carbonyl (C=O) groups is 1. The van der Waals surface area contributed by atoms with Crippen molar-refractivity contribution in [2.75, 3.05) is 7.11 Å². The van der Waals surface area contributed by atoms with Crippen LogP contribution in [0.4, 0.5) is 14.5 Å². The van der Waals surface area contributed by atoms with Crippen molar-refractivity contribution in [1.29, 1.82) is 0 Å². The lowest BCUT2D eigenvalue weighted by atomic mass is 10.1. The number of methoxy groups -OCH3 is 1. The van der Waals surface area contributed by atoms with Crippen LogP contribution < -0.4 is 10.1 Å². The predicted octanol–water partition coefficient (Wildman–Crippen LogP) is 3.37. The summed E-state index contributed by atoms with van der Waals surface area (Å²) in [4.78, 5) is 22.0. The van der Waals surface area contributed by atoms with Gasteiger partial charge in [-0.15, -0.1) is 0 Å². The number of nitro groups is 1. The van der Waals surface area contributed by atoms with Gasteiger partial charge in [0.2, 0.25) is 5.82 Å². The highest BCUT2D eigenvalue weighted by Gasteiger charge is 2.19. The molecule has 0 bridgehead atoms. The van der Waals surface area contributed by atoms with E-state index in [1.165, 1.54) is 19.2 Å². The molecule has 1 N–H and O–H groups in total. The second-order valence-corrected chi connectivity index (χ2v) is 5.01. The molecule has 0 spiro atoms. The highest BCUT2D eigenvalue weighted by molar-refractivity contribution is 5.95. The van der Waals surface area contributed by atoms with Crippen molar-refractivity contribution in [3.05, 3.63) is 69.3 Å². The van der Waals surface area contributed by atoms with E-state index in [4.69, 9.17) is 4.74 Å². The van der Waals surface area contributed by atoms with Crippen LogP contribution in [0.2, 0.25) is 0 Å². The number of ether oxygens (including phenoxy) is 1. The van der Waals surface area contributed by atoms with E-state index in [0.29, 0.717) is 5.56 Å². The molecule has 2 aromatic rings. The molecule has 2 rings (SSSR count). The Balaban J connectivity index is 2.18. The molecule has 8 heteroatoms. The van der Waals surface area contributed by atoms with E-state index < -0.39 is 34.2 Å². The number of hydrogen-bond acceptors (Lipinski definition) is 4. The molecular formula is C16H14F2N2O4. The van der Waals surface area contributed by atoms with Crippen LogP contribution in [0.1, 0.15) is 28.9 Å². The van der Waals surface area contributed by atoms with Gasteiger partial charge in [-0.25, -0.2) is 4.39 Å². The highest BCUT2D eigenvalue weighted by atomic mass is 19.1. The van der Waals surface area contributed by atoms with Crippen LogP contribution in [0.15, 0.2) is 36.4 Å². The molecule has 0 aliphatic carbocycles. The molecule has 6 nitrogen and oxygen atoms in total. The van der Waals surface area contributed by atoms with Crippen molar-refractivity contribution in [3.63, 3.8) is 0 Å². The van der Waals surface area contributed by atoms with E-state index in [0.717, 1.165) is 18.2 Å². The highest BCUT2D eigenvalue weighted by Crippen LogP contribution is 2.23. The molecule has 24 heavy (non-hydrogen) atoms. The number of carbonyl (C=O) groups excluding carboxylic acids is 1. The fourth-order valence-electron chi connectivity index (χ4n) is 2.11. The summed E-state index contributed by atoms with van der Waals surface area (Å²) in [5.41, 5.74) is -0.368. The van der Waals surface area contributed by atoms with Gasteiger partial charge in [0, 0.05) is 11.6 Å². The van der Waals surface area contributed by atoms with E-state index in [1.807, 2.05) is 0 Å². The Morgan fingerprint density at radius 3 is 2.50 bits per heavy atom. The molecule has 1 amide bonds. The first kappa shape index (κ1) is 17.3. The Hall–Kier alpha value is -3.03. The number of amides is 1. The van der Waals surface area contributed by atoms with Crippen LogP contribution in [0.25, 0.3) is 0 Å². The van der Waals surface area contributed by atoms with Crippen molar-refractivity contribution < 1.29 is 23.2 Å². The Bertz CT molecular complexity index is 796. The van der Waals surface area contributed by atoms with Gasteiger partial charge in [0.05, 0.1) is 18.1 Å². The minimum atomic E-state index is -1.03. The number of nitrogens with one attached hydrogen (secondary N) is 1. The smallest absolute Gasteiger partial charge is 0.305 e. The summed E-state index contributed by atoms with van der Waals surface area (Å²) in [5, 5.41) is 13.3. The Kier molecular flexibility index (Phi) is 5.08. The molecule has 0 radical (unpaired) electrons. The summed E-state index contributed by atoms with van der Waals surface area (Å²) in [6.07, 6.45) is 0. The zero-order chi connectivity index (χ0) is 17.9. The number of rotatable bonds is 5. The molecule has 0 aromatic heterocycles. The van der Waals surface area contributed by atoms with Gasteiger partial charge in [-0.1, -0.05) is 6.07 Å². The third-order valence-electron chi connectivity index (χ3n) is 3.43. The van der Waals surface area contributed by atoms with Gasteiger partial charge in [-0.05, 0) is 36.8 Å². The monoisotopic (exact) mass is 336 g/mol. The Morgan fingerprint density at radius 1 is 1.21 bits per heavy atom. The van der Waals surface area contributed by atoms with E-state index in [9.17, 15) is 23.7 Å². The van der Waals surface area contributed by atoms with Gasteiger partial charge in [0.25, 0.3) is 5.91 Å². The van der Waals surface area contributed by atoms with E-state index >= 15 is 0 Å². The van der Waals surface area contributed by atoms with Crippen LogP contribution in [-0.4, -0.2) is 17.9 Å². The Labute approximate surface area is 136 Å². The standard InChI is InChI=1S/C16H14F2N2O4/c1-9(10-4-6-15(24-2)13(18)7-10)19-16(21)11-3-5-12(17)14(8-11)20(22)23/h3-9H,1-2H3,(H,19,21)/t9-/m1/s1. The van der Waals surface area contributed by atoms with Crippen molar-refractivity contribution in [2.24, 2.45) is 0 Å². The first-order valence-electron chi connectivity index (χ1n) is 6.91. The van der Waals surface area contributed by atoms with Crippen LogP contribution in [0, 0.1) is 21.7 Å². The number of benzene rings is 2. The quantitative estimate of drug-likeness (QED) is 0.670. The molecule has 0 aliphatic heterocycles. The number of halogens is 2. The van der Waals surface area contributed by atoms with Gasteiger partial charge in [-0.2, -0.15) is 4.39 Å². The number of nitrogens with zero attached hydrogens (tertiary/aromatic N) is 1. The summed E-state index contributed by atoms with van der Waals surface area (Å²) < 4.78 is 31.8. The van der Waals surface area contributed by atoms with Crippen molar-refractivity contribution in [1.82, 2.24) is 5.32 Å². The van der Waals surface area contributed by atoms with Crippen molar-refractivity contribution in [2.45, 2.75) is 13.0 Å². The first-order valence-corrected chi connectivity index (χ1v) is 6.91. The molecule has 126 valence electrons. The lowest BCUT2D eigenvalue weighted by Gasteiger charge is -2.15. The average molecular weight is 336 g/mol. The normalized spacial score (nSPS) is 11.7. The van der Waals surface area contributed by atoms with Gasteiger partial charge in [-0.3, -0.25) is 14.9 Å². The van der Waals surface area contributed by atoms with Gasteiger partial charge in [0.1, 0.15) is 0 Å². The SMILES string of the molecule is COc1ccc([C@@H](C)NC(=O)c2ccc(F)c([N+](=O)[O-])c2)cc1F. The zero-order valence-corrected chi connectivity index (χ0v) is 12.9. The maximum absolute atomic E-state index is 13.7. The van der Waals surface area contributed by atoms with E-state index in [1.54, 1.807) is 13.0 Å². The van der Waals surface area contributed by atoms with Crippen LogP contribution in [0.3, 0.4) is 0 Å². The molecule has 0 heterocycles. The summed E-state index contributed by atoms with van der Waals surface area (Å²) in [6.45, 7) is 1.62. The summed E-state index contributed by atoms with van der Waals surface area (Å²) in [7, 11) is 1.34. The Morgan fingerprint density at radius 2 is 1.92 bits per heavy atom.